The van der Waals surface area contributed by atoms with E-state index in [2.05, 4.69) is 36.1 Å². The van der Waals surface area contributed by atoms with Crippen LogP contribution in [0.25, 0.3) is 0 Å². The summed E-state index contributed by atoms with van der Waals surface area (Å²) in [5, 5.41) is 0. The van der Waals surface area contributed by atoms with Crippen LogP contribution in [0.5, 0.6) is 0 Å². The first kappa shape index (κ1) is 24.7. The number of nitrogens with zero attached hydrogens (tertiary/aromatic N) is 2. The summed E-state index contributed by atoms with van der Waals surface area (Å²) < 4.78 is 31.6. The molecule has 0 aromatic heterocycles. The minimum Gasteiger partial charge on any atom is -0.299 e. The van der Waals surface area contributed by atoms with Gasteiger partial charge in [0.25, 0.3) is 0 Å². The molecule has 0 bridgehead atoms. The van der Waals surface area contributed by atoms with E-state index in [1.165, 1.54) is 0 Å². The van der Waals surface area contributed by atoms with E-state index < -0.39 is 10.4 Å². The van der Waals surface area contributed by atoms with Crippen LogP contribution in [0.15, 0.2) is 50.6 Å². The van der Waals surface area contributed by atoms with Crippen molar-refractivity contribution in [3.05, 3.63) is 50.6 Å². The average molecular weight is 320 g/mol. The molecule has 0 aliphatic rings. The Morgan fingerprint density at radius 2 is 0.905 bits per heavy atom. The van der Waals surface area contributed by atoms with Crippen LogP contribution in [0.2, 0.25) is 0 Å². The Bertz CT molecular complexity index is 330. The highest BCUT2D eigenvalue weighted by atomic mass is 32.3. The lowest BCUT2D eigenvalue weighted by molar-refractivity contribution is 0.381. The van der Waals surface area contributed by atoms with Gasteiger partial charge in [-0.2, -0.15) is 8.42 Å². The zero-order valence-electron chi connectivity index (χ0n) is 13.0. The number of rotatable bonds is 8. The average Bonchev–Trinajstić information content (AvgIpc) is 2.29. The van der Waals surface area contributed by atoms with Gasteiger partial charge in [0.05, 0.1) is 0 Å². The summed E-state index contributed by atoms with van der Waals surface area (Å²) >= 11 is 0. The van der Waals surface area contributed by atoms with E-state index in [9.17, 15) is 0 Å². The van der Waals surface area contributed by atoms with E-state index in [4.69, 9.17) is 17.5 Å². The molecule has 0 aromatic rings. The van der Waals surface area contributed by atoms with Crippen LogP contribution in [-0.4, -0.2) is 67.6 Å². The molecule has 0 spiro atoms. The van der Waals surface area contributed by atoms with Crippen molar-refractivity contribution >= 4 is 10.4 Å². The highest BCUT2D eigenvalue weighted by Crippen LogP contribution is 1.80. The first-order valence-electron chi connectivity index (χ1n) is 6.12. The third-order valence-electron chi connectivity index (χ3n) is 1.76. The van der Waals surface area contributed by atoms with Crippen LogP contribution < -0.4 is 0 Å². The summed E-state index contributed by atoms with van der Waals surface area (Å²) in [5.41, 5.74) is 0. The molecular weight excluding hydrogens is 292 g/mol. The van der Waals surface area contributed by atoms with Gasteiger partial charge in [0, 0.05) is 26.2 Å². The first-order valence-corrected chi connectivity index (χ1v) is 7.52. The van der Waals surface area contributed by atoms with Gasteiger partial charge in [0.1, 0.15) is 0 Å². The molecule has 124 valence electrons. The maximum atomic E-state index is 8.74. The molecule has 0 heterocycles. The fraction of sp³-hybridized carbons (Fsp3) is 0.429. The fourth-order valence-electron chi connectivity index (χ4n) is 1.03. The normalized spacial score (nSPS) is 9.81. The van der Waals surface area contributed by atoms with Crippen molar-refractivity contribution in [3.8, 4) is 0 Å². The fourth-order valence-corrected chi connectivity index (χ4v) is 1.03. The monoisotopic (exact) mass is 320 g/mol. The lowest BCUT2D eigenvalue weighted by atomic mass is 10.5. The second-order valence-corrected chi connectivity index (χ2v) is 4.94. The van der Waals surface area contributed by atoms with Crippen molar-refractivity contribution in [1.29, 1.82) is 0 Å². The summed E-state index contributed by atoms with van der Waals surface area (Å²) in [6, 6.07) is 0. The molecule has 0 aliphatic carbocycles. The van der Waals surface area contributed by atoms with E-state index >= 15 is 0 Å². The molecule has 0 amide bonds. The van der Waals surface area contributed by atoms with Crippen molar-refractivity contribution in [2.45, 2.75) is 0 Å². The highest BCUT2D eigenvalue weighted by molar-refractivity contribution is 7.79. The van der Waals surface area contributed by atoms with E-state index in [1.54, 1.807) is 0 Å². The Morgan fingerprint density at radius 3 is 1.00 bits per heavy atom. The predicted molar refractivity (Wildman–Crippen MR) is 90.0 cm³/mol. The van der Waals surface area contributed by atoms with Crippen LogP contribution in [0.4, 0.5) is 0 Å². The lowest BCUT2D eigenvalue weighted by Gasteiger charge is -2.09. The molecule has 2 N–H and O–H groups in total. The molecule has 0 unspecified atom stereocenters. The Kier molecular flexibility index (Phi) is 19.8. The number of likely N-dealkylation sites (N-methyl/N-ethyl adjacent to an activating group) is 2. The Morgan fingerprint density at radius 1 is 0.762 bits per heavy atom. The molecule has 0 rings (SSSR count). The van der Waals surface area contributed by atoms with Crippen LogP contribution >= 0.6 is 0 Å². The van der Waals surface area contributed by atoms with Gasteiger partial charge in [-0.15, -0.1) is 26.3 Å². The SMILES string of the molecule is C=CCN(C)CC=C.C=CCN(C)CC=C.O=S(=O)(O)O. The van der Waals surface area contributed by atoms with Crippen molar-refractivity contribution in [3.63, 3.8) is 0 Å². The highest BCUT2D eigenvalue weighted by Gasteiger charge is 1.86. The number of hydrogen-bond acceptors (Lipinski definition) is 4. The molecule has 0 saturated heterocycles. The van der Waals surface area contributed by atoms with Gasteiger partial charge in [0.2, 0.25) is 0 Å². The molecule has 0 saturated carbocycles. The zero-order valence-corrected chi connectivity index (χ0v) is 13.8. The van der Waals surface area contributed by atoms with Crippen molar-refractivity contribution in [1.82, 2.24) is 9.80 Å². The molecule has 21 heavy (non-hydrogen) atoms. The van der Waals surface area contributed by atoms with Crippen molar-refractivity contribution < 1.29 is 17.5 Å². The van der Waals surface area contributed by atoms with Gasteiger partial charge in [-0.25, -0.2) is 0 Å². The van der Waals surface area contributed by atoms with Gasteiger partial charge in [-0.05, 0) is 14.1 Å². The quantitative estimate of drug-likeness (QED) is 0.525. The van der Waals surface area contributed by atoms with Crippen molar-refractivity contribution in [2.24, 2.45) is 0 Å². The van der Waals surface area contributed by atoms with Gasteiger partial charge in [0.15, 0.2) is 0 Å². The first-order chi connectivity index (χ1) is 9.62. The summed E-state index contributed by atoms with van der Waals surface area (Å²) in [6.07, 6.45) is 7.51. The van der Waals surface area contributed by atoms with E-state index in [0.717, 1.165) is 26.2 Å². The van der Waals surface area contributed by atoms with E-state index in [0.29, 0.717) is 0 Å². The Balaban J connectivity index is -0.000000239. The predicted octanol–water partition coefficient (Wildman–Crippen LogP) is 1.93. The summed E-state index contributed by atoms with van der Waals surface area (Å²) in [7, 11) is -0.604. The molecular formula is C14H28N2O4S. The maximum absolute atomic E-state index is 8.74. The molecule has 0 radical (unpaired) electrons. The van der Waals surface area contributed by atoms with Crippen molar-refractivity contribution in [2.75, 3.05) is 40.3 Å². The van der Waals surface area contributed by atoms with Gasteiger partial charge < -0.3 is 0 Å². The third-order valence-corrected chi connectivity index (χ3v) is 1.76. The molecule has 0 fully saturated rings. The van der Waals surface area contributed by atoms with E-state index in [1.807, 2.05) is 38.4 Å². The second-order valence-electron chi connectivity index (χ2n) is 4.04. The smallest absolute Gasteiger partial charge is 0.299 e. The largest absolute Gasteiger partial charge is 0.394 e. The van der Waals surface area contributed by atoms with Crippen LogP contribution in [0.3, 0.4) is 0 Å². The second kappa shape index (κ2) is 16.8. The van der Waals surface area contributed by atoms with Crippen LogP contribution in [-0.2, 0) is 10.4 Å². The summed E-state index contributed by atoms with van der Waals surface area (Å²) in [5.74, 6) is 0. The third kappa shape index (κ3) is 45.5. The molecule has 0 atom stereocenters. The number of hydrogen-bond donors (Lipinski definition) is 2. The maximum Gasteiger partial charge on any atom is 0.394 e. The Hall–Kier alpha value is -1.25. The lowest BCUT2D eigenvalue weighted by Crippen LogP contribution is -2.17. The standard InChI is InChI=1S/2C7H13N.H2O4S/c2*1-4-6-8(3)7-5-2;1-5(2,3)4/h2*4-5H,1-2,6-7H2,3H3;(H2,1,2,3,4). The van der Waals surface area contributed by atoms with Gasteiger partial charge in [-0.3, -0.25) is 18.9 Å². The van der Waals surface area contributed by atoms with Crippen LogP contribution in [0.1, 0.15) is 0 Å². The van der Waals surface area contributed by atoms with Gasteiger partial charge >= 0.3 is 10.4 Å². The van der Waals surface area contributed by atoms with Crippen LogP contribution in [0, 0.1) is 0 Å². The summed E-state index contributed by atoms with van der Waals surface area (Å²) in [4.78, 5) is 4.25. The molecule has 7 heteroatoms. The van der Waals surface area contributed by atoms with Gasteiger partial charge in [-0.1, -0.05) is 24.3 Å². The van der Waals surface area contributed by atoms with E-state index in [-0.39, 0.29) is 0 Å². The molecule has 0 aliphatic heterocycles. The minimum atomic E-state index is -4.67. The molecule has 0 aromatic carbocycles. The topological polar surface area (TPSA) is 81.1 Å². The minimum absolute atomic E-state index is 0.937. The molecule has 6 nitrogen and oxygen atoms in total. The Labute approximate surface area is 129 Å². The zero-order chi connectivity index (χ0) is 17.3. The summed E-state index contributed by atoms with van der Waals surface area (Å²) in [6.45, 7) is 18.2.